The van der Waals surface area contributed by atoms with Crippen molar-refractivity contribution in [2.45, 2.75) is 37.8 Å². The molecule has 3 rings (SSSR count). The van der Waals surface area contributed by atoms with Crippen LogP contribution in [0.1, 0.15) is 37.3 Å². The van der Waals surface area contributed by atoms with Crippen molar-refractivity contribution in [3.05, 3.63) is 30.1 Å². The van der Waals surface area contributed by atoms with Gasteiger partial charge in [0, 0.05) is 24.9 Å². The van der Waals surface area contributed by atoms with E-state index in [-0.39, 0.29) is 0 Å². The predicted molar refractivity (Wildman–Crippen MR) is 71.1 cm³/mol. The molecule has 1 amide bonds. The van der Waals surface area contributed by atoms with Gasteiger partial charge in [-0.05, 0) is 45.0 Å². The Morgan fingerprint density at radius 3 is 2.61 bits per heavy atom. The monoisotopic (exact) mass is 247 g/mol. The van der Waals surface area contributed by atoms with Crippen molar-refractivity contribution in [2.75, 3.05) is 14.1 Å². The summed E-state index contributed by atoms with van der Waals surface area (Å²) in [5.41, 5.74) is 1.19. The van der Waals surface area contributed by atoms with Gasteiger partial charge in [-0.1, -0.05) is 6.07 Å². The van der Waals surface area contributed by atoms with Crippen LogP contribution >= 0.6 is 0 Å². The van der Waals surface area contributed by atoms with Crippen molar-refractivity contribution in [3.8, 4) is 0 Å². The molecule has 1 unspecified atom stereocenters. The fraction of sp³-hybridized carbons (Fsp3) is 0.571. The lowest BCUT2D eigenvalue weighted by atomic mass is 10.1. The summed E-state index contributed by atoms with van der Waals surface area (Å²) in [5.74, 6) is 0.325. The molecule has 4 heteroatoms. The van der Waals surface area contributed by atoms with Crippen molar-refractivity contribution in [1.29, 1.82) is 0 Å². The fourth-order valence-corrected chi connectivity index (χ4v) is 2.41. The highest BCUT2D eigenvalue weighted by molar-refractivity contribution is 5.79. The molecule has 4 nitrogen and oxygen atoms in total. The Bertz CT molecular complexity index is 389. The minimum absolute atomic E-state index is 0.290. The zero-order valence-corrected chi connectivity index (χ0v) is 11.1. The largest absolute Gasteiger partial charge is 0.333 e. The third-order valence-corrected chi connectivity index (χ3v) is 3.26. The van der Waals surface area contributed by atoms with E-state index in [1.54, 1.807) is 6.20 Å². The maximum Gasteiger partial charge on any atom is 0.223 e. The van der Waals surface area contributed by atoms with Crippen LogP contribution in [0.5, 0.6) is 0 Å². The summed E-state index contributed by atoms with van der Waals surface area (Å²) in [7, 11) is 3.75. The van der Waals surface area contributed by atoms with E-state index in [2.05, 4.69) is 21.3 Å². The highest BCUT2D eigenvalue weighted by atomic mass is 16.2. The molecule has 1 N–H and O–H groups in total. The SMILES string of the molecule is CNC.O=C1CCC(c2cccnc2)N1C1CC1. The first-order chi connectivity index (χ1) is 8.77. The van der Waals surface area contributed by atoms with Gasteiger partial charge in [0.25, 0.3) is 0 Å². The number of likely N-dealkylation sites (tertiary alicyclic amines) is 1. The predicted octanol–water partition coefficient (Wildman–Crippen LogP) is 1.74. The zero-order chi connectivity index (χ0) is 13.0. The molecule has 1 saturated carbocycles. The summed E-state index contributed by atoms with van der Waals surface area (Å²) in [5, 5.41) is 2.75. The minimum Gasteiger partial charge on any atom is -0.333 e. The van der Waals surface area contributed by atoms with E-state index >= 15 is 0 Å². The van der Waals surface area contributed by atoms with Crippen LogP contribution < -0.4 is 5.32 Å². The molecule has 0 radical (unpaired) electrons. The highest BCUT2D eigenvalue weighted by Crippen LogP contribution is 2.41. The number of carbonyl (C=O) groups is 1. The van der Waals surface area contributed by atoms with Crippen LogP contribution in [0.25, 0.3) is 0 Å². The van der Waals surface area contributed by atoms with Crippen LogP contribution in [0.3, 0.4) is 0 Å². The van der Waals surface area contributed by atoms with E-state index in [9.17, 15) is 4.79 Å². The van der Waals surface area contributed by atoms with Crippen LogP contribution in [-0.2, 0) is 4.79 Å². The third-order valence-electron chi connectivity index (χ3n) is 3.26. The molecule has 1 aliphatic carbocycles. The van der Waals surface area contributed by atoms with Gasteiger partial charge < -0.3 is 10.2 Å². The molecule has 0 bridgehead atoms. The second kappa shape index (κ2) is 5.96. The van der Waals surface area contributed by atoms with Crippen LogP contribution in [0, 0.1) is 0 Å². The molecule has 1 aliphatic heterocycles. The quantitative estimate of drug-likeness (QED) is 0.866. The lowest BCUT2D eigenvalue weighted by Gasteiger charge is -2.24. The molecule has 1 aromatic rings. The molecule has 0 spiro atoms. The van der Waals surface area contributed by atoms with Crippen molar-refractivity contribution < 1.29 is 4.79 Å². The summed E-state index contributed by atoms with van der Waals surface area (Å²) in [6.07, 6.45) is 7.70. The smallest absolute Gasteiger partial charge is 0.223 e. The Hall–Kier alpha value is -1.42. The van der Waals surface area contributed by atoms with Gasteiger partial charge >= 0.3 is 0 Å². The number of hydrogen-bond acceptors (Lipinski definition) is 3. The molecule has 1 atom stereocenters. The van der Waals surface area contributed by atoms with Crippen molar-refractivity contribution in [2.24, 2.45) is 0 Å². The standard InChI is InChI=1S/C12H14N2O.C2H7N/c15-12-6-5-11(14(12)10-3-4-10)9-2-1-7-13-8-9;1-3-2/h1-2,7-8,10-11H,3-6H2;3H,1-2H3. The molecule has 0 aromatic carbocycles. The van der Waals surface area contributed by atoms with E-state index in [0.717, 1.165) is 6.42 Å². The summed E-state index contributed by atoms with van der Waals surface area (Å²) in [6.45, 7) is 0. The molecule has 2 fully saturated rings. The Morgan fingerprint density at radius 2 is 2.06 bits per heavy atom. The maximum absolute atomic E-state index is 11.7. The molecule has 2 heterocycles. The zero-order valence-electron chi connectivity index (χ0n) is 11.1. The normalized spacial score (nSPS) is 22.7. The Morgan fingerprint density at radius 1 is 1.33 bits per heavy atom. The lowest BCUT2D eigenvalue weighted by molar-refractivity contribution is -0.129. The van der Waals surface area contributed by atoms with Crippen molar-refractivity contribution >= 4 is 5.91 Å². The second-order valence-electron chi connectivity index (χ2n) is 4.87. The second-order valence-corrected chi connectivity index (χ2v) is 4.87. The van der Waals surface area contributed by atoms with E-state index in [0.29, 0.717) is 24.4 Å². The van der Waals surface area contributed by atoms with Crippen LogP contribution in [0.15, 0.2) is 24.5 Å². The van der Waals surface area contributed by atoms with Gasteiger partial charge in [-0.3, -0.25) is 9.78 Å². The van der Waals surface area contributed by atoms with Gasteiger partial charge in [-0.25, -0.2) is 0 Å². The lowest BCUT2D eigenvalue weighted by Crippen LogP contribution is -2.29. The van der Waals surface area contributed by atoms with Crippen molar-refractivity contribution in [1.82, 2.24) is 15.2 Å². The van der Waals surface area contributed by atoms with E-state index in [4.69, 9.17) is 0 Å². The number of hydrogen-bond donors (Lipinski definition) is 1. The summed E-state index contributed by atoms with van der Waals surface area (Å²) >= 11 is 0. The number of carbonyl (C=O) groups excluding carboxylic acids is 1. The first-order valence-electron chi connectivity index (χ1n) is 6.57. The number of nitrogens with one attached hydrogen (secondary N) is 1. The average Bonchev–Trinajstić information content (AvgIpc) is 3.15. The number of aromatic nitrogens is 1. The topological polar surface area (TPSA) is 45.2 Å². The van der Waals surface area contributed by atoms with Crippen molar-refractivity contribution in [3.63, 3.8) is 0 Å². The van der Waals surface area contributed by atoms with Gasteiger partial charge in [-0.2, -0.15) is 0 Å². The Labute approximate surface area is 108 Å². The summed E-state index contributed by atoms with van der Waals surface area (Å²) in [6, 6.07) is 4.83. The first-order valence-corrected chi connectivity index (χ1v) is 6.57. The van der Waals surface area contributed by atoms with E-state index < -0.39 is 0 Å². The molecule has 1 aromatic heterocycles. The molecular weight excluding hydrogens is 226 g/mol. The van der Waals surface area contributed by atoms with Crippen LogP contribution in [0.4, 0.5) is 0 Å². The van der Waals surface area contributed by atoms with Crippen LogP contribution in [0.2, 0.25) is 0 Å². The Kier molecular flexibility index (Phi) is 4.31. The maximum atomic E-state index is 11.7. The number of pyridine rings is 1. The molecule has 2 aliphatic rings. The molecular formula is C14H21N3O. The summed E-state index contributed by atoms with van der Waals surface area (Å²) in [4.78, 5) is 18.0. The van der Waals surface area contributed by atoms with E-state index in [1.807, 2.05) is 26.4 Å². The number of rotatable bonds is 2. The van der Waals surface area contributed by atoms with Gasteiger partial charge in [0.2, 0.25) is 5.91 Å². The van der Waals surface area contributed by atoms with Crippen LogP contribution in [-0.4, -0.2) is 35.9 Å². The van der Waals surface area contributed by atoms with Gasteiger partial charge in [-0.15, -0.1) is 0 Å². The minimum atomic E-state index is 0.290. The average molecular weight is 247 g/mol. The molecule has 1 saturated heterocycles. The molecule has 18 heavy (non-hydrogen) atoms. The van der Waals surface area contributed by atoms with Gasteiger partial charge in [0.05, 0.1) is 6.04 Å². The summed E-state index contributed by atoms with van der Waals surface area (Å²) < 4.78 is 0. The number of nitrogens with zero attached hydrogens (tertiary/aromatic N) is 2. The third kappa shape index (κ3) is 2.88. The highest BCUT2D eigenvalue weighted by Gasteiger charge is 2.41. The molecule has 98 valence electrons. The fourth-order valence-electron chi connectivity index (χ4n) is 2.41. The Balaban J connectivity index is 0.000000367. The first kappa shape index (κ1) is 13.0. The number of amides is 1. The van der Waals surface area contributed by atoms with Gasteiger partial charge in [0.15, 0.2) is 0 Å². The van der Waals surface area contributed by atoms with Gasteiger partial charge in [0.1, 0.15) is 0 Å². The van der Waals surface area contributed by atoms with E-state index in [1.165, 1.54) is 18.4 Å².